The number of benzene rings is 1. The van der Waals surface area contributed by atoms with E-state index in [0.717, 1.165) is 28.8 Å². The fourth-order valence-corrected chi connectivity index (χ4v) is 1.61. The Labute approximate surface area is 105 Å². The van der Waals surface area contributed by atoms with Crippen LogP contribution in [0.3, 0.4) is 0 Å². The van der Waals surface area contributed by atoms with Crippen molar-refractivity contribution in [3.8, 4) is 0 Å². The summed E-state index contributed by atoms with van der Waals surface area (Å²) in [5, 5.41) is 10.8. The molecule has 0 spiro atoms. The highest BCUT2D eigenvalue weighted by Crippen LogP contribution is 2.19. The van der Waals surface area contributed by atoms with E-state index in [1.54, 1.807) is 0 Å². The van der Waals surface area contributed by atoms with Gasteiger partial charge in [-0.1, -0.05) is 0 Å². The van der Waals surface area contributed by atoms with Crippen LogP contribution in [0.25, 0.3) is 0 Å². The van der Waals surface area contributed by atoms with Crippen LogP contribution in [0.2, 0.25) is 0 Å². The molecule has 1 N–H and O–H groups in total. The second-order valence-corrected chi connectivity index (χ2v) is 3.77. The van der Waals surface area contributed by atoms with Crippen molar-refractivity contribution in [3.63, 3.8) is 0 Å². The molecule has 0 aliphatic rings. The summed E-state index contributed by atoms with van der Waals surface area (Å²) < 4.78 is 14.2. The topological polar surface area (TPSA) is 98.0 Å². The maximum atomic E-state index is 13.1. The van der Waals surface area contributed by atoms with E-state index in [0.29, 0.717) is 0 Å². The fraction of sp³-hybridized carbons (Fsp3) is 0.0909. The average Bonchev–Trinajstić information content (AvgIpc) is 2.32. The number of rotatable bonds is 3. The van der Waals surface area contributed by atoms with Crippen LogP contribution < -0.4 is 11.2 Å². The first kappa shape index (κ1) is 12.7. The van der Waals surface area contributed by atoms with Crippen molar-refractivity contribution in [2.75, 3.05) is 0 Å². The third kappa shape index (κ3) is 2.73. The van der Waals surface area contributed by atoms with Gasteiger partial charge < -0.3 is 0 Å². The van der Waals surface area contributed by atoms with Gasteiger partial charge in [0.05, 0.1) is 17.0 Å². The molecule has 0 saturated heterocycles. The predicted octanol–water partition coefficient (Wildman–Crippen LogP) is 0.632. The second kappa shape index (κ2) is 4.84. The summed E-state index contributed by atoms with van der Waals surface area (Å²) in [6, 6.07) is 4.08. The van der Waals surface area contributed by atoms with Gasteiger partial charge >= 0.3 is 5.69 Å². The summed E-state index contributed by atoms with van der Waals surface area (Å²) in [6.07, 6.45) is 1.19. The molecule has 0 radical (unpaired) electrons. The first-order valence-electron chi connectivity index (χ1n) is 5.20. The lowest BCUT2D eigenvalue weighted by Crippen LogP contribution is -2.29. The van der Waals surface area contributed by atoms with E-state index < -0.39 is 22.0 Å². The van der Waals surface area contributed by atoms with Crippen molar-refractivity contribution in [1.82, 2.24) is 9.55 Å². The average molecular weight is 265 g/mol. The van der Waals surface area contributed by atoms with E-state index in [1.165, 1.54) is 6.20 Å². The minimum absolute atomic E-state index is 0.0409. The molecule has 98 valence electrons. The minimum Gasteiger partial charge on any atom is -0.296 e. The molecule has 0 bridgehead atoms. The maximum Gasteiger partial charge on any atom is 0.328 e. The van der Waals surface area contributed by atoms with Crippen molar-refractivity contribution < 1.29 is 9.31 Å². The van der Waals surface area contributed by atoms with Gasteiger partial charge in [0.15, 0.2) is 0 Å². The van der Waals surface area contributed by atoms with Gasteiger partial charge in [-0.25, -0.2) is 9.18 Å². The second-order valence-electron chi connectivity index (χ2n) is 3.77. The quantitative estimate of drug-likeness (QED) is 0.650. The monoisotopic (exact) mass is 265 g/mol. The summed E-state index contributed by atoms with van der Waals surface area (Å²) in [6.45, 7) is -0.205. The number of H-pyrrole nitrogens is 1. The molecule has 2 aromatic rings. The van der Waals surface area contributed by atoms with Crippen molar-refractivity contribution in [3.05, 3.63) is 72.8 Å². The molecule has 0 aliphatic heterocycles. The lowest BCUT2D eigenvalue weighted by atomic mass is 10.1. The molecule has 0 unspecified atom stereocenters. The van der Waals surface area contributed by atoms with Gasteiger partial charge in [-0.15, -0.1) is 0 Å². The Morgan fingerprint density at radius 3 is 2.68 bits per heavy atom. The predicted molar refractivity (Wildman–Crippen MR) is 63.5 cm³/mol. The van der Waals surface area contributed by atoms with Gasteiger partial charge in [-0.3, -0.25) is 24.5 Å². The number of nitrogens with zero attached hydrogens (tertiary/aromatic N) is 2. The lowest BCUT2D eigenvalue weighted by Gasteiger charge is -2.05. The molecular weight excluding hydrogens is 257 g/mol. The highest BCUT2D eigenvalue weighted by molar-refractivity contribution is 5.40. The SMILES string of the molecule is O=c1ccn(Cc2cc(F)ccc2[N+](=O)[O-])c(=O)[nH]1. The van der Waals surface area contributed by atoms with Crippen LogP contribution in [0.15, 0.2) is 40.1 Å². The van der Waals surface area contributed by atoms with E-state index >= 15 is 0 Å². The molecule has 0 atom stereocenters. The highest BCUT2D eigenvalue weighted by Gasteiger charge is 2.15. The molecule has 0 amide bonds. The Kier molecular flexibility index (Phi) is 3.23. The smallest absolute Gasteiger partial charge is 0.296 e. The third-order valence-electron chi connectivity index (χ3n) is 2.48. The third-order valence-corrected chi connectivity index (χ3v) is 2.48. The van der Waals surface area contributed by atoms with E-state index in [-0.39, 0.29) is 17.8 Å². The Balaban J connectivity index is 2.48. The molecule has 2 rings (SSSR count). The lowest BCUT2D eigenvalue weighted by molar-refractivity contribution is -0.385. The van der Waals surface area contributed by atoms with Crippen LogP contribution in [0.4, 0.5) is 10.1 Å². The zero-order valence-corrected chi connectivity index (χ0v) is 9.50. The number of nitro groups is 1. The standard InChI is InChI=1S/C11H8FN3O4/c12-8-1-2-9(15(18)19)7(5-8)6-14-4-3-10(16)13-11(14)17/h1-5H,6H2,(H,13,16,17). The van der Waals surface area contributed by atoms with Crippen molar-refractivity contribution >= 4 is 5.69 Å². The summed E-state index contributed by atoms with van der Waals surface area (Å²) in [7, 11) is 0. The Morgan fingerprint density at radius 1 is 1.32 bits per heavy atom. The number of hydrogen-bond acceptors (Lipinski definition) is 4. The van der Waals surface area contributed by atoms with Crippen LogP contribution in [0.5, 0.6) is 0 Å². The van der Waals surface area contributed by atoms with E-state index in [4.69, 9.17) is 0 Å². The zero-order valence-electron chi connectivity index (χ0n) is 9.50. The van der Waals surface area contributed by atoms with Gasteiger partial charge in [0.1, 0.15) is 5.82 Å². The molecule has 1 heterocycles. The van der Waals surface area contributed by atoms with Gasteiger partial charge in [0, 0.05) is 18.3 Å². The van der Waals surface area contributed by atoms with Crippen LogP contribution in [0.1, 0.15) is 5.56 Å². The first-order valence-corrected chi connectivity index (χ1v) is 5.20. The Hall–Kier alpha value is -2.77. The zero-order chi connectivity index (χ0) is 14.0. The molecule has 7 nitrogen and oxygen atoms in total. The number of aromatic nitrogens is 2. The van der Waals surface area contributed by atoms with Crippen LogP contribution in [-0.4, -0.2) is 14.5 Å². The molecule has 8 heteroatoms. The first-order chi connectivity index (χ1) is 8.97. The fourth-order valence-electron chi connectivity index (χ4n) is 1.61. The maximum absolute atomic E-state index is 13.1. The number of nitrogens with one attached hydrogen (secondary N) is 1. The van der Waals surface area contributed by atoms with Gasteiger partial charge in [-0.05, 0) is 12.1 Å². The largest absolute Gasteiger partial charge is 0.328 e. The minimum atomic E-state index is -0.717. The van der Waals surface area contributed by atoms with Crippen LogP contribution in [-0.2, 0) is 6.54 Å². The number of halogens is 1. The number of hydrogen-bond donors (Lipinski definition) is 1. The summed E-state index contributed by atoms with van der Waals surface area (Å²) in [5.41, 5.74) is -1.54. The summed E-state index contributed by atoms with van der Waals surface area (Å²) in [5.74, 6) is -0.641. The number of aromatic amines is 1. The van der Waals surface area contributed by atoms with Crippen LogP contribution >= 0.6 is 0 Å². The normalized spacial score (nSPS) is 10.4. The number of nitro benzene ring substituents is 1. The molecule has 0 aliphatic carbocycles. The van der Waals surface area contributed by atoms with Gasteiger partial charge in [-0.2, -0.15) is 0 Å². The summed E-state index contributed by atoms with van der Waals surface area (Å²) in [4.78, 5) is 34.5. The van der Waals surface area contributed by atoms with E-state index in [2.05, 4.69) is 0 Å². The Bertz CT molecular complexity index is 750. The molecular formula is C11H8FN3O4. The molecule has 1 aromatic heterocycles. The molecule has 1 aromatic carbocycles. The van der Waals surface area contributed by atoms with E-state index in [1.807, 2.05) is 4.98 Å². The molecule has 0 fully saturated rings. The van der Waals surface area contributed by atoms with Crippen molar-refractivity contribution in [2.24, 2.45) is 0 Å². The van der Waals surface area contributed by atoms with Crippen molar-refractivity contribution in [1.29, 1.82) is 0 Å². The van der Waals surface area contributed by atoms with Gasteiger partial charge in [0.2, 0.25) is 0 Å². The van der Waals surface area contributed by atoms with Gasteiger partial charge in [0.25, 0.3) is 11.2 Å². The molecule has 19 heavy (non-hydrogen) atoms. The van der Waals surface area contributed by atoms with Crippen molar-refractivity contribution in [2.45, 2.75) is 6.54 Å². The Morgan fingerprint density at radius 2 is 2.05 bits per heavy atom. The van der Waals surface area contributed by atoms with Crippen LogP contribution in [0, 0.1) is 15.9 Å². The highest BCUT2D eigenvalue weighted by atomic mass is 19.1. The summed E-state index contributed by atoms with van der Waals surface area (Å²) >= 11 is 0. The van der Waals surface area contributed by atoms with E-state index in [9.17, 15) is 24.1 Å². The molecule has 0 saturated carbocycles.